The Kier molecular flexibility index (Phi) is 13.2. The van der Waals surface area contributed by atoms with E-state index in [1.54, 1.807) is 9.80 Å². The van der Waals surface area contributed by atoms with E-state index in [1.807, 2.05) is 54.6 Å². The van der Waals surface area contributed by atoms with Crippen LogP contribution in [0.5, 0.6) is 0 Å². The Morgan fingerprint density at radius 2 is 1.76 bits per heavy atom. The lowest BCUT2D eigenvalue weighted by atomic mass is 9.86. The molecule has 2 fully saturated rings. The number of likely N-dealkylation sites (tertiary alicyclic amines) is 2. The fraction of sp³-hybridized carbons (Fsp3) is 0.559. The molecule has 0 saturated carbocycles. The highest BCUT2D eigenvalue weighted by Gasteiger charge is 2.38. The molecule has 3 unspecified atom stereocenters. The maximum absolute atomic E-state index is 13.7. The average Bonchev–Trinajstić information content (AvgIpc) is 3.04. The number of carbonyl (C=O) groups is 3. The number of rotatable bonds is 11. The second kappa shape index (κ2) is 17.3. The lowest BCUT2D eigenvalue weighted by molar-refractivity contribution is -0.0365. The minimum Gasteiger partial charge on any atom is -0.453 e. The Hall–Kier alpha value is -3.50. The van der Waals surface area contributed by atoms with Crippen LogP contribution in [0.1, 0.15) is 56.8 Å². The van der Waals surface area contributed by atoms with Crippen LogP contribution in [-0.4, -0.2) is 80.6 Å². The second-order valence-corrected chi connectivity index (χ2v) is 12.6. The molecule has 11 heteroatoms. The van der Waals surface area contributed by atoms with Crippen molar-refractivity contribution in [2.45, 2.75) is 58.3 Å². The first-order chi connectivity index (χ1) is 21.7. The van der Waals surface area contributed by atoms with Crippen molar-refractivity contribution in [2.24, 2.45) is 17.8 Å². The Labute approximate surface area is 271 Å². The number of methoxy groups -OCH3 is 1. The number of halogens is 1. The van der Waals surface area contributed by atoms with Crippen LogP contribution in [0.2, 0.25) is 5.02 Å². The van der Waals surface area contributed by atoms with Gasteiger partial charge in [-0.25, -0.2) is 14.4 Å². The van der Waals surface area contributed by atoms with E-state index in [4.69, 9.17) is 25.8 Å². The van der Waals surface area contributed by atoms with E-state index in [2.05, 4.69) is 23.9 Å². The Morgan fingerprint density at radius 3 is 2.49 bits per heavy atom. The number of carbonyl (C=O) groups excluding carboxylic acids is 3. The number of alkyl carbamates (subject to hydrolysis) is 1. The summed E-state index contributed by atoms with van der Waals surface area (Å²) in [6.45, 7) is 6.95. The zero-order valence-electron chi connectivity index (χ0n) is 26.5. The molecule has 4 rings (SSSR count). The van der Waals surface area contributed by atoms with Crippen LogP contribution in [0.3, 0.4) is 0 Å². The standard InChI is InChI=1S/C34H46ClN3O7/c1-24(2)19-26-14-17-38(33(40)44-23-25-9-5-4-6-10-25)22-30(26)45-34(41)37-16-8-12-28(21-37)31(27-11-7-13-29(35)20-27)43-18-15-36-32(39)42-3/h4-7,9-11,13,20,24,26,28,30-31H,8,12,14-19,21-23H2,1-3H3,(H,36,39)/t26?,28-,30?,31?/m1/s1. The van der Waals surface area contributed by atoms with Gasteiger partial charge in [0.25, 0.3) is 0 Å². The molecule has 45 heavy (non-hydrogen) atoms. The van der Waals surface area contributed by atoms with E-state index >= 15 is 0 Å². The molecule has 0 aromatic heterocycles. The van der Waals surface area contributed by atoms with Crippen molar-refractivity contribution in [3.8, 4) is 0 Å². The molecule has 2 aromatic rings. The Bertz CT molecular complexity index is 1250. The highest BCUT2D eigenvalue weighted by atomic mass is 35.5. The molecular weight excluding hydrogens is 598 g/mol. The third-order valence-electron chi connectivity index (χ3n) is 8.36. The lowest BCUT2D eigenvalue weighted by Crippen LogP contribution is -2.51. The quantitative estimate of drug-likeness (QED) is 0.215. The minimum atomic E-state index is -0.522. The van der Waals surface area contributed by atoms with Gasteiger partial charge in [-0.3, -0.25) is 0 Å². The summed E-state index contributed by atoms with van der Waals surface area (Å²) in [6, 6.07) is 17.1. The van der Waals surface area contributed by atoms with Crippen LogP contribution in [0.15, 0.2) is 54.6 Å². The van der Waals surface area contributed by atoms with Gasteiger partial charge in [0.1, 0.15) is 12.7 Å². The van der Waals surface area contributed by atoms with Crippen LogP contribution in [0.25, 0.3) is 0 Å². The van der Waals surface area contributed by atoms with Gasteiger partial charge in [0.2, 0.25) is 0 Å². The van der Waals surface area contributed by atoms with Gasteiger partial charge in [-0.05, 0) is 60.8 Å². The lowest BCUT2D eigenvalue weighted by Gasteiger charge is -2.40. The number of piperidine rings is 2. The second-order valence-electron chi connectivity index (χ2n) is 12.2. The summed E-state index contributed by atoms with van der Waals surface area (Å²) in [4.78, 5) is 41.5. The minimum absolute atomic E-state index is 0.00910. The summed E-state index contributed by atoms with van der Waals surface area (Å²) in [5, 5.41) is 3.24. The first-order valence-corrected chi connectivity index (χ1v) is 16.2. The summed E-state index contributed by atoms with van der Waals surface area (Å²) in [6.07, 6.45) is 1.22. The van der Waals surface area contributed by atoms with Crippen molar-refractivity contribution in [3.63, 3.8) is 0 Å². The van der Waals surface area contributed by atoms with Gasteiger partial charge in [0.15, 0.2) is 0 Å². The van der Waals surface area contributed by atoms with Gasteiger partial charge in [0.05, 0.1) is 26.4 Å². The molecule has 0 aliphatic carbocycles. The van der Waals surface area contributed by atoms with Crippen LogP contribution >= 0.6 is 11.6 Å². The molecule has 2 saturated heterocycles. The molecule has 0 radical (unpaired) electrons. The number of hydrogen-bond acceptors (Lipinski definition) is 7. The van der Waals surface area contributed by atoms with E-state index in [9.17, 15) is 14.4 Å². The highest BCUT2D eigenvalue weighted by molar-refractivity contribution is 6.30. The largest absolute Gasteiger partial charge is 0.453 e. The van der Waals surface area contributed by atoms with Gasteiger partial charge in [-0.2, -0.15) is 0 Å². The smallest absolute Gasteiger partial charge is 0.410 e. The Morgan fingerprint density at radius 1 is 0.978 bits per heavy atom. The topological polar surface area (TPSA) is 107 Å². The summed E-state index contributed by atoms with van der Waals surface area (Å²) >= 11 is 6.32. The normalized spacial score (nSPS) is 20.8. The van der Waals surface area contributed by atoms with Gasteiger partial charge >= 0.3 is 18.3 Å². The van der Waals surface area contributed by atoms with E-state index in [0.717, 1.165) is 36.8 Å². The Balaban J connectivity index is 1.40. The van der Waals surface area contributed by atoms with Gasteiger partial charge in [0, 0.05) is 37.1 Å². The van der Waals surface area contributed by atoms with Crippen LogP contribution < -0.4 is 5.32 Å². The maximum atomic E-state index is 13.7. The van der Waals surface area contributed by atoms with Crippen molar-refractivity contribution in [3.05, 3.63) is 70.7 Å². The van der Waals surface area contributed by atoms with Gasteiger partial charge < -0.3 is 34.1 Å². The number of ether oxygens (including phenoxy) is 4. The number of nitrogens with one attached hydrogen (secondary N) is 1. The fourth-order valence-electron chi connectivity index (χ4n) is 6.18. The monoisotopic (exact) mass is 643 g/mol. The van der Waals surface area contributed by atoms with E-state index in [1.165, 1.54) is 7.11 Å². The number of nitrogens with zero attached hydrogens (tertiary/aromatic N) is 2. The summed E-state index contributed by atoms with van der Waals surface area (Å²) in [7, 11) is 1.31. The SMILES string of the molecule is COC(=O)NCCOC(c1cccc(Cl)c1)[C@@H]1CCCN(C(=O)OC2CN(C(=O)OCc3ccccc3)CCC2CC(C)C)C1. The fourth-order valence-corrected chi connectivity index (χ4v) is 6.38. The number of benzene rings is 2. The van der Waals surface area contributed by atoms with E-state index < -0.39 is 18.3 Å². The molecule has 1 N–H and O–H groups in total. The molecule has 4 atom stereocenters. The molecule has 3 amide bonds. The zero-order valence-corrected chi connectivity index (χ0v) is 27.2. The molecule has 2 heterocycles. The summed E-state index contributed by atoms with van der Waals surface area (Å²) < 4.78 is 22.7. The summed E-state index contributed by atoms with van der Waals surface area (Å²) in [5.74, 6) is 0.569. The molecule has 0 bridgehead atoms. The van der Waals surface area contributed by atoms with Gasteiger partial charge in [-0.1, -0.05) is 67.9 Å². The molecular formula is C34H46ClN3O7. The third-order valence-corrected chi connectivity index (χ3v) is 8.60. The van der Waals surface area contributed by atoms with Gasteiger partial charge in [-0.15, -0.1) is 0 Å². The number of hydrogen-bond donors (Lipinski definition) is 1. The highest BCUT2D eigenvalue weighted by Crippen LogP contribution is 2.35. The van der Waals surface area contributed by atoms with E-state index in [-0.39, 0.29) is 43.8 Å². The molecule has 2 aliphatic rings. The van der Waals surface area contributed by atoms with Crippen molar-refractivity contribution in [2.75, 3.05) is 46.4 Å². The molecule has 2 aromatic carbocycles. The predicted molar refractivity (Wildman–Crippen MR) is 171 cm³/mol. The third kappa shape index (κ3) is 10.5. The van der Waals surface area contributed by atoms with Crippen LogP contribution in [0.4, 0.5) is 14.4 Å². The van der Waals surface area contributed by atoms with Crippen molar-refractivity contribution in [1.82, 2.24) is 15.1 Å². The molecule has 10 nitrogen and oxygen atoms in total. The first-order valence-electron chi connectivity index (χ1n) is 15.8. The van der Waals surface area contributed by atoms with Crippen LogP contribution in [-0.2, 0) is 25.6 Å². The van der Waals surface area contributed by atoms with Crippen molar-refractivity contribution in [1.29, 1.82) is 0 Å². The molecule has 0 spiro atoms. The average molecular weight is 644 g/mol. The first kappa shape index (κ1) is 34.4. The van der Waals surface area contributed by atoms with Crippen molar-refractivity contribution >= 4 is 29.9 Å². The van der Waals surface area contributed by atoms with Crippen LogP contribution in [0, 0.1) is 17.8 Å². The van der Waals surface area contributed by atoms with E-state index in [0.29, 0.717) is 37.1 Å². The molecule has 2 aliphatic heterocycles. The number of amides is 3. The maximum Gasteiger partial charge on any atom is 0.410 e. The summed E-state index contributed by atoms with van der Waals surface area (Å²) in [5.41, 5.74) is 1.83. The van der Waals surface area contributed by atoms with Crippen molar-refractivity contribution < 1.29 is 33.3 Å². The zero-order chi connectivity index (χ0) is 32.2. The predicted octanol–water partition coefficient (Wildman–Crippen LogP) is 6.68. The molecule has 246 valence electrons.